The van der Waals surface area contributed by atoms with Crippen molar-refractivity contribution in [3.05, 3.63) is 47.1 Å². The highest BCUT2D eigenvalue weighted by molar-refractivity contribution is 5.92. The normalized spacial score (nSPS) is 33.9. The zero-order chi connectivity index (χ0) is 19.4. The highest BCUT2D eigenvalue weighted by Gasteiger charge is 2.44. The summed E-state index contributed by atoms with van der Waals surface area (Å²) in [4.78, 5) is 35.8. The molecule has 1 fully saturated rings. The van der Waals surface area contributed by atoms with Crippen LogP contribution in [0.15, 0.2) is 47.1 Å². The topological polar surface area (TPSA) is 89.9 Å². The maximum atomic E-state index is 12.3. The van der Waals surface area contributed by atoms with Crippen molar-refractivity contribution in [2.75, 3.05) is 0 Å². The minimum absolute atomic E-state index is 0.114. The number of hydrogen-bond acceptors (Lipinski definition) is 6. The van der Waals surface area contributed by atoms with Crippen LogP contribution in [0.5, 0.6) is 0 Å². The first kappa shape index (κ1) is 19.8. The zero-order valence-corrected chi connectivity index (χ0v) is 15.2. The van der Waals surface area contributed by atoms with E-state index in [1.165, 1.54) is 0 Å². The van der Waals surface area contributed by atoms with Crippen molar-refractivity contribution in [3.63, 3.8) is 0 Å². The molecule has 0 spiro atoms. The van der Waals surface area contributed by atoms with Gasteiger partial charge >= 0.3 is 11.9 Å². The van der Waals surface area contributed by atoms with Crippen molar-refractivity contribution in [2.24, 2.45) is 5.92 Å². The average molecular weight is 360 g/mol. The lowest BCUT2D eigenvalue weighted by atomic mass is 9.85. The van der Waals surface area contributed by atoms with Crippen LogP contribution in [0.25, 0.3) is 0 Å². The molecule has 26 heavy (non-hydrogen) atoms. The Kier molecular flexibility index (Phi) is 6.32. The fourth-order valence-electron chi connectivity index (χ4n) is 3.00. The second-order valence-corrected chi connectivity index (χ2v) is 6.60. The Morgan fingerprint density at radius 2 is 2.15 bits per heavy atom. The fraction of sp³-hybridized carbons (Fsp3) is 0.450. The molecule has 6 heteroatoms. The van der Waals surface area contributed by atoms with Gasteiger partial charge in [-0.3, -0.25) is 4.79 Å². The summed E-state index contributed by atoms with van der Waals surface area (Å²) in [7, 11) is 0. The number of carbonyl (C=O) groups excluding carboxylic acids is 3. The van der Waals surface area contributed by atoms with E-state index in [0.29, 0.717) is 23.0 Å². The van der Waals surface area contributed by atoms with Crippen LogP contribution in [-0.2, 0) is 23.9 Å². The Morgan fingerprint density at radius 1 is 1.46 bits per heavy atom. The highest BCUT2D eigenvalue weighted by atomic mass is 16.6. The third kappa shape index (κ3) is 4.19. The summed E-state index contributed by atoms with van der Waals surface area (Å²) in [5.74, 6) is -1.72. The van der Waals surface area contributed by atoms with Crippen LogP contribution in [0, 0.1) is 5.92 Å². The average Bonchev–Trinajstić information content (AvgIpc) is 2.89. The van der Waals surface area contributed by atoms with E-state index in [0.717, 1.165) is 0 Å². The minimum Gasteiger partial charge on any atom is -0.458 e. The second kappa shape index (κ2) is 8.27. The molecule has 1 saturated heterocycles. The summed E-state index contributed by atoms with van der Waals surface area (Å²) in [5.41, 5.74) is 1.62. The molecule has 0 aromatic heterocycles. The molecule has 6 nitrogen and oxygen atoms in total. The van der Waals surface area contributed by atoms with Crippen molar-refractivity contribution < 1.29 is 29.0 Å². The standard InChI is InChI=1S/C20H24O6/c1-5-11(2)19(23)25-17-9-14(10-21)6-7-15(22)12(3)8-16-18(17)13(4)20(24)26-16/h5-6,8,10,15-18,22H,4,7,9H2,1-3H3/b11-5-,12-8-,14-6-/t15-,16-,17-,18-/m0/s1. The van der Waals surface area contributed by atoms with Gasteiger partial charge in [0.05, 0.1) is 12.0 Å². The number of ether oxygens (including phenoxy) is 2. The van der Waals surface area contributed by atoms with Gasteiger partial charge in [0.15, 0.2) is 0 Å². The molecular formula is C20H24O6. The Labute approximate surface area is 152 Å². The monoisotopic (exact) mass is 360 g/mol. The Balaban J connectivity index is 2.47. The molecule has 4 atom stereocenters. The summed E-state index contributed by atoms with van der Waals surface area (Å²) in [6, 6.07) is 0. The predicted molar refractivity (Wildman–Crippen MR) is 95.0 cm³/mol. The Morgan fingerprint density at radius 3 is 2.77 bits per heavy atom. The third-order valence-corrected chi connectivity index (χ3v) is 4.82. The van der Waals surface area contributed by atoms with Gasteiger partial charge in [-0.15, -0.1) is 0 Å². The van der Waals surface area contributed by atoms with E-state index >= 15 is 0 Å². The molecule has 2 rings (SSSR count). The van der Waals surface area contributed by atoms with E-state index in [1.54, 1.807) is 39.0 Å². The first-order valence-corrected chi connectivity index (χ1v) is 8.52. The zero-order valence-electron chi connectivity index (χ0n) is 15.2. The summed E-state index contributed by atoms with van der Waals surface area (Å²) < 4.78 is 11.0. The van der Waals surface area contributed by atoms with Gasteiger partial charge in [-0.2, -0.15) is 0 Å². The van der Waals surface area contributed by atoms with E-state index in [9.17, 15) is 19.5 Å². The SMILES string of the molecule is C=C1C(=O)O[C@H]2/C=C(/C)[C@@H](O)C/C=C(\C=O)C[C@H](OC(=O)/C(C)=C\C)[C@@H]12. The highest BCUT2D eigenvalue weighted by Crippen LogP contribution is 2.36. The van der Waals surface area contributed by atoms with Crippen LogP contribution in [-0.4, -0.2) is 41.6 Å². The molecule has 0 radical (unpaired) electrons. The van der Waals surface area contributed by atoms with Crippen molar-refractivity contribution in [1.82, 2.24) is 0 Å². The van der Waals surface area contributed by atoms with Crippen LogP contribution in [0.4, 0.5) is 0 Å². The molecule has 140 valence electrons. The van der Waals surface area contributed by atoms with Gasteiger partial charge in [0, 0.05) is 17.6 Å². The number of aliphatic hydroxyl groups excluding tert-OH is 1. The molecule has 1 N–H and O–H groups in total. The minimum atomic E-state index is -0.789. The van der Waals surface area contributed by atoms with Gasteiger partial charge in [-0.25, -0.2) is 9.59 Å². The molecule has 2 aliphatic rings. The number of rotatable bonds is 3. The largest absolute Gasteiger partial charge is 0.458 e. The van der Waals surface area contributed by atoms with Crippen molar-refractivity contribution in [2.45, 2.75) is 51.9 Å². The van der Waals surface area contributed by atoms with Crippen molar-refractivity contribution >= 4 is 18.2 Å². The number of esters is 2. The third-order valence-electron chi connectivity index (χ3n) is 4.82. The molecule has 0 aromatic rings. The maximum absolute atomic E-state index is 12.3. The number of allylic oxidation sites excluding steroid dienone is 1. The number of aliphatic hydroxyl groups is 1. The van der Waals surface area contributed by atoms with Crippen LogP contribution < -0.4 is 0 Å². The van der Waals surface area contributed by atoms with Gasteiger partial charge in [0.1, 0.15) is 18.5 Å². The molecule has 0 amide bonds. The molecule has 0 aromatic carbocycles. The quantitative estimate of drug-likeness (QED) is 0.359. The van der Waals surface area contributed by atoms with Gasteiger partial charge in [0.2, 0.25) is 0 Å². The van der Waals surface area contributed by atoms with Gasteiger partial charge in [-0.05, 0) is 44.4 Å². The number of hydrogen-bond donors (Lipinski definition) is 1. The van der Waals surface area contributed by atoms with Crippen LogP contribution in [0.3, 0.4) is 0 Å². The predicted octanol–water partition coefficient (Wildman–Crippen LogP) is 2.19. The number of aldehydes is 1. The van der Waals surface area contributed by atoms with Crippen LogP contribution in [0.2, 0.25) is 0 Å². The molecular weight excluding hydrogens is 336 g/mol. The summed E-state index contributed by atoms with van der Waals surface area (Å²) in [5, 5.41) is 10.2. The van der Waals surface area contributed by atoms with E-state index in [-0.39, 0.29) is 18.4 Å². The number of carbonyl (C=O) groups is 3. The van der Waals surface area contributed by atoms with E-state index in [2.05, 4.69) is 6.58 Å². The van der Waals surface area contributed by atoms with E-state index < -0.39 is 36.2 Å². The molecule has 0 unspecified atom stereocenters. The Hall–Kier alpha value is -2.47. The van der Waals surface area contributed by atoms with Gasteiger partial charge < -0.3 is 14.6 Å². The molecule has 1 aliphatic carbocycles. The fourth-order valence-corrected chi connectivity index (χ4v) is 3.00. The van der Waals surface area contributed by atoms with Gasteiger partial charge in [0.25, 0.3) is 0 Å². The summed E-state index contributed by atoms with van der Waals surface area (Å²) >= 11 is 0. The second-order valence-electron chi connectivity index (χ2n) is 6.60. The van der Waals surface area contributed by atoms with Gasteiger partial charge in [-0.1, -0.05) is 18.7 Å². The maximum Gasteiger partial charge on any atom is 0.334 e. The summed E-state index contributed by atoms with van der Waals surface area (Å²) in [6.07, 6.45) is 3.67. The van der Waals surface area contributed by atoms with E-state index in [1.807, 2.05) is 0 Å². The summed E-state index contributed by atoms with van der Waals surface area (Å²) in [6.45, 7) is 8.85. The molecule has 0 saturated carbocycles. The van der Waals surface area contributed by atoms with E-state index in [4.69, 9.17) is 9.47 Å². The first-order chi connectivity index (χ1) is 12.3. The number of fused-ring (bicyclic) bond motifs is 1. The Bertz CT molecular complexity index is 712. The van der Waals surface area contributed by atoms with Crippen molar-refractivity contribution in [3.8, 4) is 0 Å². The molecule has 0 bridgehead atoms. The first-order valence-electron chi connectivity index (χ1n) is 8.52. The van der Waals surface area contributed by atoms with Crippen LogP contribution >= 0.6 is 0 Å². The van der Waals surface area contributed by atoms with Crippen molar-refractivity contribution in [1.29, 1.82) is 0 Å². The van der Waals surface area contributed by atoms with Crippen LogP contribution in [0.1, 0.15) is 33.6 Å². The lowest BCUT2D eigenvalue weighted by Gasteiger charge is -2.27. The molecule has 1 aliphatic heterocycles. The smallest absolute Gasteiger partial charge is 0.334 e. The lowest BCUT2D eigenvalue weighted by molar-refractivity contribution is -0.147. The molecule has 1 heterocycles. The lowest BCUT2D eigenvalue weighted by Crippen LogP contribution is -2.34.